The van der Waals surface area contributed by atoms with Crippen molar-refractivity contribution in [1.82, 2.24) is 4.57 Å². The first-order chi connectivity index (χ1) is 8.78. The van der Waals surface area contributed by atoms with Crippen LogP contribution in [0.3, 0.4) is 0 Å². The molecule has 0 saturated carbocycles. The molecule has 1 heterocycles. The van der Waals surface area contributed by atoms with Gasteiger partial charge in [-0.1, -0.05) is 12.1 Å². The van der Waals surface area contributed by atoms with Crippen molar-refractivity contribution in [3.63, 3.8) is 0 Å². The van der Waals surface area contributed by atoms with Crippen molar-refractivity contribution < 1.29 is 4.74 Å². The van der Waals surface area contributed by atoms with Gasteiger partial charge in [0.15, 0.2) is 4.80 Å². The number of methoxy groups -OCH3 is 1. The minimum atomic E-state index is 0. The van der Waals surface area contributed by atoms with Gasteiger partial charge in [0, 0.05) is 10.6 Å². The number of halogens is 1. The third-order valence-electron chi connectivity index (χ3n) is 3.40. The molecule has 19 heavy (non-hydrogen) atoms. The predicted octanol–water partition coefficient (Wildman–Crippen LogP) is 3.15. The van der Waals surface area contributed by atoms with E-state index in [2.05, 4.69) is 10.6 Å². The van der Waals surface area contributed by atoms with Crippen LogP contribution < -0.4 is 9.54 Å². The Balaban J connectivity index is 0.00000133. The second kappa shape index (κ2) is 5.92. The number of aromatic nitrogens is 1. The van der Waals surface area contributed by atoms with Gasteiger partial charge in [0.05, 0.1) is 13.7 Å². The highest BCUT2D eigenvalue weighted by Crippen LogP contribution is 2.25. The molecular formula is C14H17BrN2OS. The summed E-state index contributed by atoms with van der Waals surface area (Å²) in [7, 11) is 1.68. The molecule has 2 aromatic rings. The van der Waals surface area contributed by atoms with Crippen molar-refractivity contribution in [1.29, 1.82) is 5.41 Å². The van der Waals surface area contributed by atoms with Gasteiger partial charge in [-0.25, -0.2) is 0 Å². The molecule has 0 aliphatic heterocycles. The maximum Gasteiger partial charge on any atom is 0.182 e. The summed E-state index contributed by atoms with van der Waals surface area (Å²) in [6.07, 6.45) is 3.51. The largest absolute Gasteiger partial charge is 0.497 e. The number of rotatable bonds is 3. The van der Waals surface area contributed by atoms with Gasteiger partial charge >= 0.3 is 0 Å². The van der Waals surface area contributed by atoms with Crippen molar-refractivity contribution in [2.75, 3.05) is 7.11 Å². The average molecular weight is 341 g/mol. The van der Waals surface area contributed by atoms with E-state index in [4.69, 9.17) is 10.1 Å². The maximum absolute atomic E-state index is 8.07. The Bertz CT molecular complexity index is 633. The molecule has 0 spiro atoms. The summed E-state index contributed by atoms with van der Waals surface area (Å²) in [5, 5.41) is 8.07. The van der Waals surface area contributed by atoms with Gasteiger partial charge in [0.25, 0.3) is 0 Å². The normalized spacial score (nSPS) is 12.9. The van der Waals surface area contributed by atoms with E-state index < -0.39 is 0 Å². The Labute approximate surface area is 127 Å². The molecule has 0 amide bonds. The van der Waals surface area contributed by atoms with Gasteiger partial charge in [0.1, 0.15) is 5.75 Å². The Morgan fingerprint density at radius 3 is 3.00 bits per heavy atom. The number of thiazole rings is 1. The van der Waals surface area contributed by atoms with Gasteiger partial charge in [0.2, 0.25) is 0 Å². The number of ether oxygens (including phenoxy) is 1. The first-order valence-electron chi connectivity index (χ1n) is 6.17. The van der Waals surface area contributed by atoms with Crippen molar-refractivity contribution >= 4 is 28.3 Å². The number of nitrogens with zero attached hydrogens (tertiary/aromatic N) is 1. The molecule has 1 aromatic heterocycles. The molecule has 3 rings (SSSR count). The number of hydrogen-bond acceptors (Lipinski definition) is 3. The van der Waals surface area contributed by atoms with E-state index in [1.54, 1.807) is 18.4 Å². The highest BCUT2D eigenvalue weighted by atomic mass is 79.9. The van der Waals surface area contributed by atoms with Crippen LogP contribution in [0.25, 0.3) is 0 Å². The van der Waals surface area contributed by atoms with Crippen LogP contribution in [0.2, 0.25) is 0 Å². The van der Waals surface area contributed by atoms with Gasteiger partial charge in [-0.2, -0.15) is 0 Å². The van der Waals surface area contributed by atoms with Gasteiger partial charge in [-0.05, 0) is 37.0 Å². The first kappa shape index (κ1) is 14.3. The second-order valence-corrected chi connectivity index (χ2v) is 5.65. The van der Waals surface area contributed by atoms with E-state index in [-0.39, 0.29) is 17.0 Å². The topological polar surface area (TPSA) is 38.0 Å². The Morgan fingerprint density at radius 2 is 2.21 bits per heavy atom. The number of hydrogen-bond donors (Lipinski definition) is 1. The Morgan fingerprint density at radius 1 is 1.37 bits per heavy atom. The van der Waals surface area contributed by atoms with Crippen LogP contribution in [0, 0.1) is 5.41 Å². The molecule has 0 saturated heterocycles. The quantitative estimate of drug-likeness (QED) is 0.915. The molecule has 1 N–H and O–H groups in total. The Hall–Kier alpha value is -1.07. The zero-order valence-corrected chi connectivity index (χ0v) is 13.3. The van der Waals surface area contributed by atoms with Gasteiger partial charge in [-0.3, -0.25) is 5.41 Å². The summed E-state index contributed by atoms with van der Waals surface area (Å²) in [6.45, 7) is 0.780. The van der Waals surface area contributed by atoms with Crippen LogP contribution in [0.4, 0.5) is 0 Å². The summed E-state index contributed by atoms with van der Waals surface area (Å²) in [4.78, 5) is 2.07. The van der Waals surface area contributed by atoms with Crippen molar-refractivity contribution in [3.8, 4) is 5.75 Å². The van der Waals surface area contributed by atoms with Crippen LogP contribution in [0.1, 0.15) is 22.6 Å². The van der Waals surface area contributed by atoms with Gasteiger partial charge in [-0.15, -0.1) is 28.3 Å². The molecule has 0 radical (unpaired) electrons. The van der Waals surface area contributed by atoms with Crippen LogP contribution >= 0.6 is 28.3 Å². The van der Waals surface area contributed by atoms with Crippen molar-refractivity contribution in [2.45, 2.75) is 25.8 Å². The summed E-state index contributed by atoms with van der Waals surface area (Å²) >= 11 is 1.63. The summed E-state index contributed by atoms with van der Waals surface area (Å²) < 4.78 is 7.38. The molecular weight excluding hydrogens is 324 g/mol. The van der Waals surface area contributed by atoms with E-state index in [0.717, 1.165) is 25.1 Å². The van der Waals surface area contributed by atoms with Gasteiger partial charge < -0.3 is 9.30 Å². The molecule has 1 aromatic carbocycles. The monoisotopic (exact) mass is 340 g/mol. The van der Waals surface area contributed by atoms with E-state index in [1.807, 2.05) is 18.2 Å². The summed E-state index contributed by atoms with van der Waals surface area (Å²) in [5.74, 6) is 0.881. The first-order valence-corrected chi connectivity index (χ1v) is 6.98. The highest BCUT2D eigenvalue weighted by Gasteiger charge is 2.18. The minimum absolute atomic E-state index is 0. The van der Waals surface area contributed by atoms with Crippen LogP contribution in [-0.2, 0) is 19.4 Å². The molecule has 0 bridgehead atoms. The lowest BCUT2D eigenvalue weighted by Gasteiger charge is -2.08. The standard InChI is InChI=1S/C14H16N2OS.BrH/c1-17-11-5-2-4-10(8-11)9-16-12-6-3-7-13(12)18-14(16)15;/h2,4-5,8,15H,3,6-7,9H2,1H3;1H. The molecule has 3 nitrogen and oxygen atoms in total. The third kappa shape index (κ3) is 2.77. The van der Waals surface area contributed by atoms with Crippen LogP contribution in [-0.4, -0.2) is 11.7 Å². The number of nitrogens with one attached hydrogen (secondary N) is 1. The lowest BCUT2D eigenvalue weighted by atomic mass is 10.2. The van der Waals surface area contributed by atoms with E-state index >= 15 is 0 Å². The molecule has 0 unspecified atom stereocenters. The summed E-state index contributed by atoms with van der Waals surface area (Å²) in [5.41, 5.74) is 2.56. The number of aryl methyl sites for hydroxylation is 1. The fourth-order valence-corrected chi connectivity index (χ4v) is 3.61. The molecule has 5 heteroatoms. The lowest BCUT2D eigenvalue weighted by Crippen LogP contribution is -2.16. The molecule has 1 aliphatic rings. The smallest absolute Gasteiger partial charge is 0.182 e. The zero-order chi connectivity index (χ0) is 12.5. The minimum Gasteiger partial charge on any atom is -0.497 e. The molecule has 1 aliphatic carbocycles. The lowest BCUT2D eigenvalue weighted by molar-refractivity contribution is 0.414. The Kier molecular flexibility index (Phi) is 4.47. The summed E-state index contributed by atoms with van der Waals surface area (Å²) in [6, 6.07) is 8.10. The number of benzene rings is 1. The van der Waals surface area contributed by atoms with E-state index in [9.17, 15) is 0 Å². The fourth-order valence-electron chi connectivity index (χ4n) is 2.51. The van der Waals surface area contributed by atoms with Crippen molar-refractivity contribution in [3.05, 3.63) is 45.2 Å². The van der Waals surface area contributed by atoms with E-state index in [1.165, 1.54) is 22.6 Å². The van der Waals surface area contributed by atoms with Crippen LogP contribution in [0.5, 0.6) is 5.75 Å². The average Bonchev–Trinajstić information content (AvgIpc) is 2.93. The number of fused-ring (bicyclic) bond motifs is 1. The maximum atomic E-state index is 8.07. The van der Waals surface area contributed by atoms with Crippen molar-refractivity contribution in [2.24, 2.45) is 0 Å². The second-order valence-electron chi connectivity index (χ2n) is 4.57. The zero-order valence-electron chi connectivity index (χ0n) is 10.8. The molecule has 0 atom stereocenters. The van der Waals surface area contributed by atoms with Crippen LogP contribution in [0.15, 0.2) is 24.3 Å². The third-order valence-corrected chi connectivity index (χ3v) is 4.50. The van der Waals surface area contributed by atoms with E-state index in [0.29, 0.717) is 4.80 Å². The predicted molar refractivity (Wildman–Crippen MR) is 82.6 cm³/mol. The fraction of sp³-hybridized carbons (Fsp3) is 0.357. The molecule has 102 valence electrons. The highest BCUT2D eigenvalue weighted by molar-refractivity contribution is 8.93. The SMILES string of the molecule is Br.COc1cccc(Cn2c3c(sc2=N)CCC3)c1. The molecule has 0 fully saturated rings.